The standard InChI is InChI=1S/C8H16N2O6S/c1-5(4-17(2,15)16)9-8(14)10-6(3-11)7(12)13/h5-6,11H,3-4H2,1-2H3,(H,12,13)(H2,9,10,14). The maximum atomic E-state index is 11.2. The number of carboxylic acids is 1. The van der Waals surface area contributed by atoms with Crippen molar-refractivity contribution in [3.63, 3.8) is 0 Å². The number of amides is 2. The Bertz CT molecular complexity index is 379. The van der Waals surface area contributed by atoms with Gasteiger partial charge in [-0.25, -0.2) is 18.0 Å². The molecule has 8 nitrogen and oxygen atoms in total. The lowest BCUT2D eigenvalue weighted by Gasteiger charge is -2.16. The zero-order chi connectivity index (χ0) is 13.6. The van der Waals surface area contributed by atoms with Crippen molar-refractivity contribution in [2.24, 2.45) is 0 Å². The van der Waals surface area contributed by atoms with E-state index in [-0.39, 0.29) is 5.75 Å². The van der Waals surface area contributed by atoms with Gasteiger partial charge in [0.1, 0.15) is 9.84 Å². The molecule has 0 saturated carbocycles. The molecule has 0 aromatic carbocycles. The molecule has 2 atom stereocenters. The van der Waals surface area contributed by atoms with Crippen molar-refractivity contribution in [2.75, 3.05) is 18.6 Å². The van der Waals surface area contributed by atoms with Crippen LogP contribution in [0.2, 0.25) is 0 Å². The summed E-state index contributed by atoms with van der Waals surface area (Å²) in [6, 6.07) is -2.92. The Balaban J connectivity index is 4.22. The molecule has 0 aliphatic carbocycles. The highest BCUT2D eigenvalue weighted by Gasteiger charge is 2.20. The number of aliphatic carboxylic acids is 1. The third-order valence-electron chi connectivity index (χ3n) is 1.72. The van der Waals surface area contributed by atoms with Crippen LogP contribution in [0.3, 0.4) is 0 Å². The van der Waals surface area contributed by atoms with E-state index >= 15 is 0 Å². The smallest absolute Gasteiger partial charge is 0.328 e. The van der Waals surface area contributed by atoms with Gasteiger partial charge in [-0.3, -0.25) is 0 Å². The minimum atomic E-state index is -3.23. The van der Waals surface area contributed by atoms with Crippen LogP contribution >= 0.6 is 0 Å². The Morgan fingerprint density at radius 1 is 1.29 bits per heavy atom. The van der Waals surface area contributed by atoms with Crippen LogP contribution in [-0.2, 0) is 14.6 Å². The molecule has 4 N–H and O–H groups in total. The number of hydrogen-bond donors (Lipinski definition) is 4. The van der Waals surface area contributed by atoms with Gasteiger partial charge < -0.3 is 20.8 Å². The Hall–Kier alpha value is -1.35. The minimum absolute atomic E-state index is 0.253. The van der Waals surface area contributed by atoms with Crippen LogP contribution in [0.1, 0.15) is 6.92 Å². The van der Waals surface area contributed by atoms with Crippen LogP contribution in [0, 0.1) is 0 Å². The van der Waals surface area contributed by atoms with Gasteiger partial charge in [0.2, 0.25) is 0 Å². The lowest BCUT2D eigenvalue weighted by atomic mass is 10.3. The minimum Gasteiger partial charge on any atom is -0.480 e. The molecular weight excluding hydrogens is 252 g/mol. The Morgan fingerprint density at radius 3 is 2.18 bits per heavy atom. The van der Waals surface area contributed by atoms with Gasteiger partial charge in [-0.2, -0.15) is 0 Å². The third-order valence-corrected chi connectivity index (χ3v) is 2.82. The maximum absolute atomic E-state index is 11.2. The fourth-order valence-electron chi connectivity index (χ4n) is 1.10. The summed E-state index contributed by atoms with van der Waals surface area (Å²) in [7, 11) is -3.23. The Kier molecular flexibility index (Phi) is 5.89. The first kappa shape index (κ1) is 15.7. The summed E-state index contributed by atoms with van der Waals surface area (Å²) < 4.78 is 21.8. The SMILES string of the molecule is CC(CS(C)(=O)=O)NC(=O)NC(CO)C(=O)O. The molecule has 0 aromatic heterocycles. The number of carboxylic acid groups (broad SMARTS) is 1. The number of aliphatic hydroxyl groups is 1. The molecule has 0 rings (SSSR count). The average Bonchev–Trinajstić information content (AvgIpc) is 2.09. The van der Waals surface area contributed by atoms with E-state index in [1.54, 1.807) is 0 Å². The van der Waals surface area contributed by atoms with E-state index in [2.05, 4.69) is 5.32 Å². The van der Waals surface area contributed by atoms with E-state index in [4.69, 9.17) is 10.2 Å². The average molecular weight is 268 g/mol. The van der Waals surface area contributed by atoms with Gasteiger partial charge in [0.25, 0.3) is 0 Å². The largest absolute Gasteiger partial charge is 0.480 e. The normalized spacial score (nSPS) is 14.8. The van der Waals surface area contributed by atoms with Gasteiger partial charge in [-0.15, -0.1) is 0 Å². The van der Waals surface area contributed by atoms with Crippen molar-refractivity contribution in [1.29, 1.82) is 0 Å². The summed E-state index contributed by atoms with van der Waals surface area (Å²) in [6.07, 6.45) is 1.02. The van der Waals surface area contributed by atoms with Crippen molar-refractivity contribution < 1.29 is 28.2 Å². The molecule has 0 fully saturated rings. The predicted octanol–water partition coefficient (Wildman–Crippen LogP) is -1.84. The molecule has 0 aliphatic heterocycles. The lowest BCUT2D eigenvalue weighted by molar-refractivity contribution is -0.140. The summed E-state index contributed by atoms with van der Waals surface area (Å²) in [6.45, 7) is 0.721. The molecular formula is C8H16N2O6S. The van der Waals surface area contributed by atoms with Gasteiger partial charge in [0, 0.05) is 12.3 Å². The van der Waals surface area contributed by atoms with Crippen LogP contribution in [0.5, 0.6) is 0 Å². The van der Waals surface area contributed by atoms with Crippen molar-refractivity contribution in [2.45, 2.75) is 19.0 Å². The molecule has 0 saturated heterocycles. The van der Waals surface area contributed by atoms with E-state index in [0.717, 1.165) is 6.26 Å². The number of nitrogens with one attached hydrogen (secondary N) is 2. The molecule has 0 aliphatic rings. The van der Waals surface area contributed by atoms with Crippen LogP contribution in [0.4, 0.5) is 4.79 Å². The second kappa shape index (κ2) is 6.40. The molecule has 0 bridgehead atoms. The molecule has 0 heterocycles. The lowest BCUT2D eigenvalue weighted by Crippen LogP contribution is -2.51. The number of aliphatic hydroxyl groups excluding tert-OH is 1. The molecule has 17 heavy (non-hydrogen) atoms. The number of urea groups is 1. The molecule has 0 aromatic rings. The number of hydrogen-bond acceptors (Lipinski definition) is 5. The third kappa shape index (κ3) is 7.53. The van der Waals surface area contributed by atoms with Crippen molar-refractivity contribution in [1.82, 2.24) is 10.6 Å². The first-order chi connectivity index (χ1) is 7.65. The molecule has 0 spiro atoms. The number of carbonyl (C=O) groups is 2. The Labute approximate surface area is 98.9 Å². The van der Waals surface area contributed by atoms with E-state index in [9.17, 15) is 18.0 Å². The van der Waals surface area contributed by atoms with Gasteiger partial charge in [0.05, 0.1) is 12.4 Å². The summed E-state index contributed by atoms with van der Waals surface area (Å²) in [5.74, 6) is -1.63. The fraction of sp³-hybridized carbons (Fsp3) is 0.750. The molecule has 0 radical (unpaired) electrons. The monoisotopic (exact) mass is 268 g/mol. The maximum Gasteiger partial charge on any atom is 0.328 e. The van der Waals surface area contributed by atoms with Crippen molar-refractivity contribution in [3.8, 4) is 0 Å². The summed E-state index contributed by atoms with van der Waals surface area (Å²) in [5, 5.41) is 21.4. The van der Waals surface area contributed by atoms with Crippen LogP contribution < -0.4 is 10.6 Å². The number of sulfone groups is 1. The quantitative estimate of drug-likeness (QED) is 0.447. The molecule has 9 heteroatoms. The van der Waals surface area contributed by atoms with Gasteiger partial charge >= 0.3 is 12.0 Å². The summed E-state index contributed by atoms with van der Waals surface area (Å²) in [5.41, 5.74) is 0. The zero-order valence-corrected chi connectivity index (χ0v) is 10.3. The topological polar surface area (TPSA) is 133 Å². The van der Waals surface area contributed by atoms with Crippen LogP contribution in [0.15, 0.2) is 0 Å². The summed E-state index contributed by atoms with van der Waals surface area (Å²) >= 11 is 0. The van der Waals surface area contributed by atoms with Gasteiger partial charge in [-0.05, 0) is 6.92 Å². The second-order valence-corrected chi connectivity index (χ2v) is 5.87. The van der Waals surface area contributed by atoms with E-state index < -0.39 is 40.5 Å². The zero-order valence-electron chi connectivity index (χ0n) is 9.50. The van der Waals surface area contributed by atoms with Gasteiger partial charge in [-0.1, -0.05) is 0 Å². The second-order valence-electron chi connectivity index (χ2n) is 3.68. The number of carbonyl (C=O) groups excluding carboxylic acids is 1. The highest BCUT2D eigenvalue weighted by molar-refractivity contribution is 7.90. The van der Waals surface area contributed by atoms with Crippen molar-refractivity contribution >= 4 is 21.8 Å². The molecule has 100 valence electrons. The Morgan fingerprint density at radius 2 is 1.82 bits per heavy atom. The highest BCUT2D eigenvalue weighted by Crippen LogP contribution is 1.90. The van der Waals surface area contributed by atoms with Crippen LogP contribution in [-0.4, -0.2) is 61.3 Å². The van der Waals surface area contributed by atoms with Crippen molar-refractivity contribution in [3.05, 3.63) is 0 Å². The fourth-order valence-corrected chi connectivity index (χ4v) is 2.10. The molecule has 2 amide bonds. The highest BCUT2D eigenvalue weighted by atomic mass is 32.2. The predicted molar refractivity (Wildman–Crippen MR) is 59.3 cm³/mol. The first-order valence-electron chi connectivity index (χ1n) is 4.74. The first-order valence-corrected chi connectivity index (χ1v) is 6.80. The van der Waals surface area contributed by atoms with E-state index in [0.29, 0.717) is 0 Å². The van der Waals surface area contributed by atoms with Gasteiger partial charge in [0.15, 0.2) is 6.04 Å². The summed E-state index contributed by atoms with van der Waals surface area (Å²) in [4.78, 5) is 21.7. The van der Waals surface area contributed by atoms with Crippen LogP contribution in [0.25, 0.3) is 0 Å². The van der Waals surface area contributed by atoms with E-state index in [1.807, 2.05) is 5.32 Å². The number of rotatable bonds is 6. The van der Waals surface area contributed by atoms with E-state index in [1.165, 1.54) is 6.92 Å². The molecule has 2 unspecified atom stereocenters.